The maximum absolute atomic E-state index is 13.3. The molecule has 2 aliphatic rings. The number of carbonyl (C=O) groups excluding carboxylic acids is 2. The number of aromatic hydroxyl groups is 1. The molecule has 0 radical (unpaired) electrons. The number of primary amides is 1. The zero-order chi connectivity index (χ0) is 39.3. The first kappa shape index (κ1) is 36.6. The molecule has 4 N–H and O–H groups in total. The minimum absolute atomic E-state index is 0.00758. The molecule has 0 saturated heterocycles. The zero-order valence-corrected chi connectivity index (χ0v) is 31.8. The number of phenols is 1. The van der Waals surface area contributed by atoms with Crippen LogP contribution in [0.5, 0.6) is 23.0 Å². The summed E-state index contributed by atoms with van der Waals surface area (Å²) in [5.74, 6) is 0.569. The minimum atomic E-state index is -3.60. The van der Waals surface area contributed by atoms with Gasteiger partial charge < -0.3 is 20.9 Å². The SMILES string of the molecule is COc1ccc(-n2c(C(N)=O)nnc2-c2cc3c(cc2OOc2ccc(-n4c(C(=O)NC(C)C)nnc4-c4ccc5c(c4O)CCS5)cc2)S(=O)(=O)CC3)cc1. The molecule has 0 saturated carbocycles. The molecule has 4 aromatic carbocycles. The van der Waals surface area contributed by atoms with Crippen molar-refractivity contribution < 1.29 is 37.6 Å². The number of fused-ring (bicyclic) bond motifs is 2. The fourth-order valence-corrected chi connectivity index (χ4v) is 9.26. The number of nitrogens with one attached hydrogen (secondary N) is 1. The van der Waals surface area contributed by atoms with Crippen LogP contribution in [0.3, 0.4) is 0 Å². The number of nitrogens with two attached hydrogens (primary N) is 1. The number of amides is 2. The van der Waals surface area contributed by atoms with E-state index in [-0.39, 0.29) is 69.2 Å². The Kier molecular flexibility index (Phi) is 9.37. The van der Waals surface area contributed by atoms with Crippen molar-refractivity contribution in [3.05, 3.63) is 95.6 Å². The van der Waals surface area contributed by atoms with Gasteiger partial charge in [-0.2, -0.15) is 0 Å². The summed E-state index contributed by atoms with van der Waals surface area (Å²) in [6.45, 7) is 3.66. The molecule has 0 fully saturated rings. The lowest BCUT2D eigenvalue weighted by atomic mass is 10.1. The Hall–Kier alpha value is -6.40. The molecule has 0 bridgehead atoms. The topological polar surface area (TPSA) is 216 Å². The molecule has 56 heavy (non-hydrogen) atoms. The molecule has 0 atom stereocenters. The Morgan fingerprint density at radius 3 is 2.14 bits per heavy atom. The molecule has 0 aliphatic carbocycles. The molecule has 18 heteroatoms. The number of carbonyl (C=O) groups is 2. The fraction of sp³-hybridized carbons (Fsp3) is 0.211. The van der Waals surface area contributed by atoms with Gasteiger partial charge in [0.05, 0.1) is 28.9 Å². The number of hydrogen-bond donors (Lipinski definition) is 3. The maximum atomic E-state index is 13.3. The van der Waals surface area contributed by atoms with E-state index >= 15 is 0 Å². The Morgan fingerprint density at radius 1 is 0.839 bits per heavy atom. The second-order valence-electron chi connectivity index (χ2n) is 13.3. The molecule has 2 aliphatic heterocycles. The monoisotopic (exact) mass is 794 g/mol. The summed E-state index contributed by atoms with van der Waals surface area (Å²) < 4.78 is 34.3. The lowest BCUT2D eigenvalue weighted by Gasteiger charge is -2.15. The van der Waals surface area contributed by atoms with E-state index in [1.54, 1.807) is 77.0 Å². The molecule has 2 aromatic heterocycles. The third kappa shape index (κ3) is 6.55. The summed E-state index contributed by atoms with van der Waals surface area (Å²) in [7, 11) is -2.08. The molecular formula is C38H34N8O8S2. The van der Waals surface area contributed by atoms with Crippen molar-refractivity contribution in [3.63, 3.8) is 0 Å². The smallest absolute Gasteiger partial charge is 0.289 e. The number of phenolic OH excluding ortho intramolecular Hbond substituents is 1. The average molecular weight is 795 g/mol. The van der Waals surface area contributed by atoms with E-state index in [1.807, 2.05) is 19.9 Å². The number of thioether (sulfide) groups is 1. The summed E-state index contributed by atoms with van der Waals surface area (Å²) in [5, 5.41) is 31.0. The summed E-state index contributed by atoms with van der Waals surface area (Å²) >= 11 is 1.66. The van der Waals surface area contributed by atoms with Crippen LogP contribution in [0.2, 0.25) is 0 Å². The minimum Gasteiger partial charge on any atom is -0.507 e. The van der Waals surface area contributed by atoms with Crippen molar-refractivity contribution in [1.29, 1.82) is 0 Å². The normalized spacial score (nSPS) is 14.0. The Bertz CT molecular complexity index is 2640. The number of methoxy groups -OCH3 is 1. The predicted octanol–water partition coefficient (Wildman–Crippen LogP) is 4.48. The van der Waals surface area contributed by atoms with E-state index in [0.29, 0.717) is 34.7 Å². The molecule has 16 nitrogen and oxygen atoms in total. The highest BCUT2D eigenvalue weighted by atomic mass is 32.2. The number of nitrogens with zero attached hydrogens (tertiary/aromatic N) is 6. The van der Waals surface area contributed by atoms with Gasteiger partial charge in [0.2, 0.25) is 11.6 Å². The first-order valence-electron chi connectivity index (χ1n) is 17.4. The van der Waals surface area contributed by atoms with E-state index in [4.69, 9.17) is 20.2 Å². The van der Waals surface area contributed by atoms with Crippen LogP contribution >= 0.6 is 11.8 Å². The second kappa shape index (κ2) is 14.3. The van der Waals surface area contributed by atoms with E-state index in [2.05, 4.69) is 25.7 Å². The number of hydrogen-bond acceptors (Lipinski definition) is 13. The van der Waals surface area contributed by atoms with Crippen molar-refractivity contribution in [2.45, 2.75) is 42.5 Å². The van der Waals surface area contributed by atoms with E-state index in [1.165, 1.54) is 17.7 Å². The van der Waals surface area contributed by atoms with Crippen LogP contribution < -0.4 is 25.6 Å². The van der Waals surface area contributed by atoms with Gasteiger partial charge in [0.15, 0.2) is 33.0 Å². The zero-order valence-electron chi connectivity index (χ0n) is 30.2. The van der Waals surface area contributed by atoms with Gasteiger partial charge in [-0.15, -0.1) is 32.2 Å². The number of sulfone groups is 1. The summed E-state index contributed by atoms with van der Waals surface area (Å²) in [5.41, 5.74) is 8.73. The molecule has 286 valence electrons. The number of aryl methyl sites for hydroxylation is 1. The molecule has 8 rings (SSSR count). The van der Waals surface area contributed by atoms with Crippen LogP contribution in [0, 0.1) is 0 Å². The summed E-state index contributed by atoms with van der Waals surface area (Å²) in [4.78, 5) is 38.6. The largest absolute Gasteiger partial charge is 0.507 e. The number of aromatic nitrogens is 6. The molecular weight excluding hydrogens is 761 g/mol. The van der Waals surface area contributed by atoms with Gasteiger partial charge >= 0.3 is 0 Å². The van der Waals surface area contributed by atoms with E-state index < -0.39 is 21.7 Å². The fourth-order valence-electron chi connectivity index (χ4n) is 6.64. The predicted molar refractivity (Wildman–Crippen MR) is 204 cm³/mol. The lowest BCUT2D eigenvalue weighted by molar-refractivity contribution is -0.0995. The Balaban J connectivity index is 1.16. The maximum Gasteiger partial charge on any atom is 0.289 e. The molecule has 6 aromatic rings. The third-order valence-corrected chi connectivity index (χ3v) is 12.2. The number of ether oxygens (including phenoxy) is 1. The average Bonchev–Trinajstić information content (AvgIpc) is 3.99. The number of rotatable bonds is 11. The van der Waals surface area contributed by atoms with Crippen LogP contribution in [0.15, 0.2) is 82.6 Å². The summed E-state index contributed by atoms with van der Waals surface area (Å²) in [6.07, 6.45) is 0.960. The van der Waals surface area contributed by atoms with Gasteiger partial charge in [0.1, 0.15) is 11.5 Å². The van der Waals surface area contributed by atoms with Gasteiger partial charge in [-0.05, 0) is 99.0 Å². The Labute approximate surface area is 324 Å². The van der Waals surface area contributed by atoms with E-state index in [9.17, 15) is 23.1 Å². The van der Waals surface area contributed by atoms with Crippen molar-refractivity contribution in [1.82, 2.24) is 34.8 Å². The van der Waals surface area contributed by atoms with Gasteiger partial charge in [-0.25, -0.2) is 8.42 Å². The lowest BCUT2D eigenvalue weighted by Crippen LogP contribution is -2.32. The van der Waals surface area contributed by atoms with Crippen molar-refractivity contribution in [3.8, 4) is 57.1 Å². The second-order valence-corrected chi connectivity index (χ2v) is 16.5. The molecule has 0 unspecified atom stereocenters. The van der Waals surface area contributed by atoms with Crippen molar-refractivity contribution >= 4 is 33.4 Å². The first-order chi connectivity index (χ1) is 26.9. The molecule has 4 heterocycles. The van der Waals surface area contributed by atoms with Crippen LogP contribution in [-0.4, -0.2) is 79.5 Å². The van der Waals surface area contributed by atoms with E-state index in [0.717, 1.165) is 16.2 Å². The highest BCUT2D eigenvalue weighted by Gasteiger charge is 2.32. The highest BCUT2D eigenvalue weighted by molar-refractivity contribution is 7.99. The highest BCUT2D eigenvalue weighted by Crippen LogP contribution is 2.43. The molecule has 0 spiro atoms. The van der Waals surface area contributed by atoms with Crippen LogP contribution in [0.1, 0.15) is 46.2 Å². The Morgan fingerprint density at radius 2 is 1.48 bits per heavy atom. The first-order valence-corrected chi connectivity index (χ1v) is 20.1. The van der Waals surface area contributed by atoms with Crippen molar-refractivity contribution in [2.24, 2.45) is 5.73 Å². The van der Waals surface area contributed by atoms with Gasteiger partial charge in [-0.3, -0.25) is 28.5 Å². The quantitative estimate of drug-likeness (QED) is 0.122. The van der Waals surface area contributed by atoms with Crippen LogP contribution in [-0.2, 0) is 22.7 Å². The van der Waals surface area contributed by atoms with Gasteiger partial charge in [0.25, 0.3) is 11.8 Å². The third-order valence-electron chi connectivity index (χ3n) is 9.29. The number of benzene rings is 4. The van der Waals surface area contributed by atoms with Gasteiger partial charge in [-0.1, -0.05) is 0 Å². The standard InChI is InChI=1S/C38H34N8O8S2/c1-20(2)40-38(49)37-44-41-34(27-12-13-30-26(32(27)47)14-16-55-30)46(37)23-6-10-25(11-7-23)53-54-29-19-31-21(15-17-56(31,50)51)18-28(29)35-42-43-36(33(39)48)45(35)22-4-8-24(52-3)9-5-22/h4-13,18-20,47H,14-17H2,1-3H3,(H2,39,48)(H,40,49). The van der Waals surface area contributed by atoms with Crippen LogP contribution in [0.25, 0.3) is 34.2 Å². The molecule has 2 amide bonds. The van der Waals surface area contributed by atoms with Crippen molar-refractivity contribution in [2.75, 3.05) is 18.6 Å². The van der Waals surface area contributed by atoms with Gasteiger partial charge in [0, 0.05) is 39.7 Å². The van der Waals surface area contributed by atoms with Crippen LogP contribution in [0.4, 0.5) is 0 Å². The summed E-state index contributed by atoms with van der Waals surface area (Å²) in [6, 6.07) is 19.8.